The number of aryl methyl sites for hydroxylation is 1. The first kappa shape index (κ1) is 15.1. The molecule has 0 saturated heterocycles. The molecule has 0 spiro atoms. The summed E-state index contributed by atoms with van der Waals surface area (Å²) < 4.78 is 7.69. The van der Waals surface area contributed by atoms with Crippen molar-refractivity contribution in [2.75, 3.05) is 6.54 Å². The van der Waals surface area contributed by atoms with Crippen LogP contribution in [0.2, 0.25) is 0 Å². The maximum atomic E-state index is 5.84. The van der Waals surface area contributed by atoms with E-state index in [0.29, 0.717) is 13.2 Å². The standard InChI is InChI=1S/C16H20N4O/c1-12(2)20-16(18-11-19-20)10-21-15-7-6-14(5-4-8-17)9-13(15)3/h6-7,9,11-12H,8,10,17H2,1-3H3. The lowest BCUT2D eigenvalue weighted by molar-refractivity contribution is 0.280. The number of nitrogens with zero attached hydrogens (tertiary/aromatic N) is 3. The lowest BCUT2D eigenvalue weighted by atomic mass is 10.1. The maximum absolute atomic E-state index is 5.84. The monoisotopic (exact) mass is 284 g/mol. The highest BCUT2D eigenvalue weighted by molar-refractivity contribution is 5.43. The van der Waals surface area contributed by atoms with Crippen LogP contribution in [0, 0.1) is 18.8 Å². The molecule has 0 amide bonds. The summed E-state index contributed by atoms with van der Waals surface area (Å²) in [4.78, 5) is 4.23. The topological polar surface area (TPSA) is 66.0 Å². The minimum absolute atomic E-state index is 0.265. The molecule has 5 heteroatoms. The van der Waals surface area contributed by atoms with Crippen molar-refractivity contribution in [2.45, 2.75) is 33.4 Å². The van der Waals surface area contributed by atoms with E-state index in [4.69, 9.17) is 10.5 Å². The summed E-state index contributed by atoms with van der Waals surface area (Å²) in [6.07, 6.45) is 1.55. The summed E-state index contributed by atoms with van der Waals surface area (Å²) in [7, 11) is 0. The highest BCUT2D eigenvalue weighted by atomic mass is 16.5. The Kier molecular flexibility index (Phi) is 4.96. The fraction of sp³-hybridized carbons (Fsp3) is 0.375. The molecule has 0 aliphatic carbocycles. The van der Waals surface area contributed by atoms with Gasteiger partial charge < -0.3 is 10.5 Å². The second kappa shape index (κ2) is 6.91. The van der Waals surface area contributed by atoms with Gasteiger partial charge in [-0.25, -0.2) is 9.67 Å². The Morgan fingerprint density at radius 2 is 2.19 bits per heavy atom. The van der Waals surface area contributed by atoms with E-state index in [1.54, 1.807) is 6.33 Å². The van der Waals surface area contributed by atoms with E-state index >= 15 is 0 Å². The zero-order chi connectivity index (χ0) is 15.2. The van der Waals surface area contributed by atoms with Crippen molar-refractivity contribution < 1.29 is 4.74 Å². The first-order valence-electron chi connectivity index (χ1n) is 6.92. The van der Waals surface area contributed by atoms with Crippen LogP contribution in [0.15, 0.2) is 24.5 Å². The number of aromatic nitrogens is 3. The fourth-order valence-electron chi connectivity index (χ4n) is 1.99. The summed E-state index contributed by atoms with van der Waals surface area (Å²) in [6, 6.07) is 6.11. The van der Waals surface area contributed by atoms with Crippen molar-refractivity contribution in [1.29, 1.82) is 0 Å². The van der Waals surface area contributed by atoms with Crippen molar-refractivity contribution >= 4 is 0 Å². The Morgan fingerprint density at radius 3 is 2.86 bits per heavy atom. The van der Waals surface area contributed by atoms with Gasteiger partial charge in [0.25, 0.3) is 0 Å². The zero-order valence-electron chi connectivity index (χ0n) is 12.6. The zero-order valence-corrected chi connectivity index (χ0v) is 12.6. The van der Waals surface area contributed by atoms with E-state index < -0.39 is 0 Å². The molecule has 0 aliphatic heterocycles. The van der Waals surface area contributed by atoms with E-state index in [1.807, 2.05) is 29.8 Å². The quantitative estimate of drug-likeness (QED) is 0.873. The average molecular weight is 284 g/mol. The Balaban J connectivity index is 2.08. The molecule has 1 aromatic carbocycles. The molecule has 0 unspecified atom stereocenters. The lowest BCUT2D eigenvalue weighted by Crippen LogP contribution is -2.11. The Labute approximate surface area is 125 Å². The van der Waals surface area contributed by atoms with Gasteiger partial charge in [-0.2, -0.15) is 5.10 Å². The molecule has 0 saturated carbocycles. The minimum Gasteiger partial charge on any atom is -0.485 e. The van der Waals surface area contributed by atoms with Gasteiger partial charge in [-0.15, -0.1) is 0 Å². The van der Waals surface area contributed by atoms with Crippen LogP contribution in [0.25, 0.3) is 0 Å². The number of hydrogen-bond acceptors (Lipinski definition) is 4. The summed E-state index contributed by atoms with van der Waals surface area (Å²) in [5.74, 6) is 7.49. The van der Waals surface area contributed by atoms with Crippen molar-refractivity contribution in [3.05, 3.63) is 41.5 Å². The van der Waals surface area contributed by atoms with E-state index in [0.717, 1.165) is 22.7 Å². The average Bonchev–Trinajstić information content (AvgIpc) is 2.92. The predicted octanol–water partition coefficient (Wildman–Crippen LogP) is 2.06. The maximum Gasteiger partial charge on any atom is 0.165 e. The van der Waals surface area contributed by atoms with Gasteiger partial charge in [0.15, 0.2) is 5.82 Å². The third kappa shape index (κ3) is 3.83. The van der Waals surface area contributed by atoms with Crippen LogP contribution >= 0.6 is 0 Å². The van der Waals surface area contributed by atoms with Crippen LogP contribution in [0.4, 0.5) is 0 Å². The highest BCUT2D eigenvalue weighted by Crippen LogP contribution is 2.20. The molecule has 2 N–H and O–H groups in total. The summed E-state index contributed by atoms with van der Waals surface area (Å²) in [5, 5.41) is 4.19. The highest BCUT2D eigenvalue weighted by Gasteiger charge is 2.09. The van der Waals surface area contributed by atoms with Crippen molar-refractivity contribution in [3.8, 4) is 17.6 Å². The summed E-state index contributed by atoms with van der Waals surface area (Å²) in [6.45, 7) is 6.88. The van der Waals surface area contributed by atoms with Gasteiger partial charge in [0.1, 0.15) is 18.7 Å². The smallest absolute Gasteiger partial charge is 0.165 e. The molecule has 1 heterocycles. The number of nitrogens with two attached hydrogens (primary N) is 1. The van der Waals surface area contributed by atoms with Crippen molar-refractivity contribution in [2.24, 2.45) is 5.73 Å². The Morgan fingerprint density at radius 1 is 1.38 bits per heavy atom. The third-order valence-electron chi connectivity index (χ3n) is 3.00. The van der Waals surface area contributed by atoms with E-state index in [1.165, 1.54) is 0 Å². The second-order valence-corrected chi connectivity index (χ2v) is 4.99. The van der Waals surface area contributed by atoms with E-state index in [9.17, 15) is 0 Å². The van der Waals surface area contributed by atoms with Crippen LogP contribution in [-0.4, -0.2) is 21.3 Å². The molecule has 2 rings (SSSR count). The van der Waals surface area contributed by atoms with E-state index in [2.05, 4.69) is 35.8 Å². The fourth-order valence-corrected chi connectivity index (χ4v) is 1.99. The third-order valence-corrected chi connectivity index (χ3v) is 3.00. The molecule has 0 bridgehead atoms. The normalized spacial score (nSPS) is 10.3. The van der Waals surface area contributed by atoms with Crippen molar-refractivity contribution in [3.63, 3.8) is 0 Å². The van der Waals surface area contributed by atoms with Crippen molar-refractivity contribution in [1.82, 2.24) is 14.8 Å². The predicted molar refractivity (Wildman–Crippen MR) is 81.9 cm³/mol. The van der Waals surface area contributed by atoms with Gasteiger partial charge in [-0.05, 0) is 44.5 Å². The molecule has 1 aromatic heterocycles. The number of hydrogen-bond donors (Lipinski definition) is 1. The van der Waals surface area contributed by atoms with Gasteiger partial charge in [0.2, 0.25) is 0 Å². The summed E-state index contributed by atoms with van der Waals surface area (Å²) >= 11 is 0. The van der Waals surface area contributed by atoms with Crippen LogP contribution < -0.4 is 10.5 Å². The molecule has 2 aromatic rings. The molecular weight excluding hydrogens is 264 g/mol. The van der Waals surface area contributed by atoms with E-state index in [-0.39, 0.29) is 6.04 Å². The first-order valence-corrected chi connectivity index (χ1v) is 6.92. The minimum atomic E-state index is 0.265. The Hall–Kier alpha value is -2.32. The van der Waals surface area contributed by atoms with Crippen LogP contribution in [0.3, 0.4) is 0 Å². The van der Waals surface area contributed by atoms with Gasteiger partial charge in [0, 0.05) is 11.6 Å². The van der Waals surface area contributed by atoms with Gasteiger partial charge in [0.05, 0.1) is 6.54 Å². The van der Waals surface area contributed by atoms with Crippen LogP contribution in [-0.2, 0) is 6.61 Å². The molecule has 0 fully saturated rings. The molecule has 0 aliphatic rings. The largest absolute Gasteiger partial charge is 0.485 e. The Bertz CT molecular complexity index is 664. The first-order chi connectivity index (χ1) is 10.1. The molecule has 0 atom stereocenters. The molecule has 5 nitrogen and oxygen atoms in total. The molecular formula is C16H20N4O. The SMILES string of the molecule is Cc1cc(C#CCN)ccc1OCc1ncnn1C(C)C. The number of ether oxygens (including phenoxy) is 1. The number of rotatable bonds is 4. The van der Waals surface area contributed by atoms with Gasteiger partial charge >= 0.3 is 0 Å². The van der Waals surface area contributed by atoms with Gasteiger partial charge in [-0.3, -0.25) is 0 Å². The van der Waals surface area contributed by atoms with Crippen LogP contribution in [0.1, 0.15) is 36.8 Å². The molecule has 0 radical (unpaired) electrons. The lowest BCUT2D eigenvalue weighted by Gasteiger charge is -2.12. The second-order valence-electron chi connectivity index (χ2n) is 4.99. The molecule has 21 heavy (non-hydrogen) atoms. The van der Waals surface area contributed by atoms with Crippen LogP contribution in [0.5, 0.6) is 5.75 Å². The number of benzene rings is 1. The molecule has 110 valence electrons. The van der Waals surface area contributed by atoms with Gasteiger partial charge in [-0.1, -0.05) is 11.8 Å². The summed E-state index contributed by atoms with van der Waals surface area (Å²) in [5.41, 5.74) is 7.35.